The molecule has 1 atom stereocenters. The van der Waals surface area contributed by atoms with Gasteiger partial charge < -0.3 is 4.74 Å². The molecule has 0 radical (unpaired) electrons. The molecule has 0 N–H and O–H groups in total. The van der Waals surface area contributed by atoms with E-state index in [1.807, 2.05) is 37.3 Å². The maximum Gasteiger partial charge on any atom is 0.158 e. The van der Waals surface area contributed by atoms with Crippen molar-refractivity contribution in [2.24, 2.45) is 0 Å². The van der Waals surface area contributed by atoms with Crippen LogP contribution in [0.15, 0.2) is 36.6 Å². The second-order valence-corrected chi connectivity index (χ2v) is 9.73. The van der Waals surface area contributed by atoms with Crippen LogP contribution in [0.5, 0.6) is 0 Å². The van der Waals surface area contributed by atoms with Crippen molar-refractivity contribution < 1.29 is 21.6 Å². The molecule has 1 fully saturated rings. The van der Waals surface area contributed by atoms with Crippen molar-refractivity contribution in [2.45, 2.75) is 12.2 Å². The number of sulfone groups is 2. The molecular formula is C14H18O5S2. The first kappa shape index (κ1) is 16.0. The Hall–Kier alpha value is -1.34. The maximum absolute atomic E-state index is 11.9. The molecule has 1 saturated heterocycles. The molecule has 1 aromatic carbocycles. The van der Waals surface area contributed by atoms with E-state index in [4.69, 9.17) is 4.74 Å². The van der Waals surface area contributed by atoms with Crippen LogP contribution in [0.3, 0.4) is 0 Å². The molecule has 7 heteroatoms. The monoisotopic (exact) mass is 330 g/mol. The van der Waals surface area contributed by atoms with Crippen molar-refractivity contribution >= 4 is 25.2 Å². The van der Waals surface area contributed by atoms with Crippen LogP contribution in [0.25, 0.3) is 5.57 Å². The van der Waals surface area contributed by atoms with Gasteiger partial charge in [-0.25, -0.2) is 16.8 Å². The third kappa shape index (κ3) is 4.31. The second kappa shape index (κ2) is 6.19. The molecule has 0 amide bonds. The normalized spacial score (nSPS) is 24.4. The van der Waals surface area contributed by atoms with Crippen LogP contribution in [-0.4, -0.2) is 46.0 Å². The number of benzene rings is 1. The fourth-order valence-corrected chi connectivity index (χ4v) is 6.93. The predicted octanol–water partition coefficient (Wildman–Crippen LogP) is 1.28. The minimum atomic E-state index is -3.39. The lowest BCUT2D eigenvalue weighted by molar-refractivity contribution is 0.252. The molecule has 1 aliphatic heterocycles. The highest BCUT2D eigenvalue weighted by Crippen LogP contribution is 2.17. The number of hydrogen-bond acceptors (Lipinski definition) is 5. The smallest absolute Gasteiger partial charge is 0.158 e. The van der Waals surface area contributed by atoms with Crippen LogP contribution in [0.2, 0.25) is 0 Å². The summed E-state index contributed by atoms with van der Waals surface area (Å²) in [5, 5.41) is -0.976. The first-order valence-electron chi connectivity index (χ1n) is 6.56. The largest absolute Gasteiger partial charge is 0.500 e. The fraction of sp³-hybridized carbons (Fsp3) is 0.429. The van der Waals surface area contributed by atoms with Gasteiger partial charge in [-0.2, -0.15) is 0 Å². The molecule has 5 nitrogen and oxygen atoms in total. The van der Waals surface area contributed by atoms with Gasteiger partial charge in [-0.1, -0.05) is 30.3 Å². The minimum Gasteiger partial charge on any atom is -0.500 e. The van der Waals surface area contributed by atoms with E-state index in [0.717, 1.165) is 11.1 Å². The summed E-state index contributed by atoms with van der Waals surface area (Å²) in [5.74, 6) is -0.955. The van der Waals surface area contributed by atoms with Crippen molar-refractivity contribution in [3.63, 3.8) is 0 Å². The number of hydrogen-bond donors (Lipinski definition) is 0. The lowest BCUT2D eigenvalue weighted by Crippen LogP contribution is -2.42. The van der Waals surface area contributed by atoms with Crippen LogP contribution in [0, 0.1) is 0 Å². The molecule has 1 heterocycles. The molecule has 0 bridgehead atoms. The third-order valence-corrected chi connectivity index (χ3v) is 7.70. The summed E-state index contributed by atoms with van der Waals surface area (Å²) in [6.45, 7) is 1.72. The van der Waals surface area contributed by atoms with E-state index < -0.39 is 24.9 Å². The van der Waals surface area contributed by atoms with Crippen LogP contribution < -0.4 is 0 Å². The Labute approximate surface area is 125 Å². The van der Waals surface area contributed by atoms with E-state index in [2.05, 4.69) is 0 Å². The van der Waals surface area contributed by atoms with E-state index in [0.29, 0.717) is 0 Å². The van der Waals surface area contributed by atoms with Gasteiger partial charge in [-0.15, -0.1) is 0 Å². The number of rotatable bonds is 4. The van der Waals surface area contributed by atoms with Gasteiger partial charge in [-0.05, 0) is 18.1 Å². The van der Waals surface area contributed by atoms with Crippen molar-refractivity contribution in [3.05, 3.63) is 42.2 Å². The van der Waals surface area contributed by atoms with E-state index in [1.165, 1.54) is 6.26 Å². The van der Waals surface area contributed by atoms with Gasteiger partial charge in [0, 0.05) is 0 Å². The zero-order chi connectivity index (χ0) is 15.5. The van der Waals surface area contributed by atoms with Gasteiger partial charge in [0.25, 0.3) is 0 Å². The average molecular weight is 330 g/mol. The quantitative estimate of drug-likeness (QED) is 0.777. The van der Waals surface area contributed by atoms with Crippen LogP contribution >= 0.6 is 0 Å². The van der Waals surface area contributed by atoms with Crippen molar-refractivity contribution in [3.8, 4) is 0 Å². The Balaban J connectivity index is 2.02. The summed E-state index contributed by atoms with van der Waals surface area (Å²) >= 11 is 0. The predicted molar refractivity (Wildman–Crippen MR) is 82.3 cm³/mol. The molecule has 0 aromatic heterocycles. The highest BCUT2D eigenvalue weighted by molar-refractivity contribution is 7.98. The Morgan fingerprint density at radius 1 is 1.19 bits per heavy atom. The van der Waals surface area contributed by atoms with Gasteiger partial charge in [0.1, 0.15) is 11.9 Å². The molecule has 0 spiro atoms. The lowest BCUT2D eigenvalue weighted by atomic mass is 10.1. The van der Waals surface area contributed by atoms with Gasteiger partial charge in [0.2, 0.25) is 0 Å². The standard InChI is InChI=1S/C14H18O5S2/c1-12(13-5-3-2-4-6-13)9-19-10-14-11-20(15,16)7-8-21(14,17)18/h2-6,9,14H,7-8,10-11H2,1H3/b12-9-. The summed E-state index contributed by atoms with van der Waals surface area (Å²) in [6.07, 6.45) is 1.48. The molecule has 1 aliphatic rings. The minimum absolute atomic E-state index is 0.133. The highest BCUT2D eigenvalue weighted by atomic mass is 32.2. The Bertz CT molecular complexity index is 718. The van der Waals surface area contributed by atoms with Gasteiger partial charge in [-0.3, -0.25) is 0 Å². The van der Waals surface area contributed by atoms with Crippen LogP contribution in [0.4, 0.5) is 0 Å². The summed E-state index contributed by atoms with van der Waals surface area (Å²) < 4.78 is 52.1. The Morgan fingerprint density at radius 2 is 1.86 bits per heavy atom. The zero-order valence-corrected chi connectivity index (χ0v) is 13.4. The average Bonchev–Trinajstić information content (AvgIpc) is 2.44. The molecule has 1 unspecified atom stereocenters. The number of ether oxygens (including phenoxy) is 1. The van der Waals surface area contributed by atoms with Gasteiger partial charge in [0.05, 0.1) is 23.5 Å². The summed E-state index contributed by atoms with van der Waals surface area (Å²) in [6, 6.07) is 9.51. The maximum atomic E-state index is 11.9. The SMILES string of the molecule is C/C(=C/OCC1CS(=O)(=O)CCS1(=O)=O)c1ccccc1. The molecule has 1 aromatic rings. The van der Waals surface area contributed by atoms with Crippen molar-refractivity contribution in [1.29, 1.82) is 0 Å². The van der Waals surface area contributed by atoms with E-state index in [1.54, 1.807) is 0 Å². The molecule has 116 valence electrons. The summed E-state index contributed by atoms with van der Waals surface area (Å²) in [5.41, 5.74) is 1.82. The van der Waals surface area contributed by atoms with E-state index in [-0.39, 0.29) is 23.9 Å². The van der Waals surface area contributed by atoms with Crippen molar-refractivity contribution in [1.82, 2.24) is 0 Å². The third-order valence-electron chi connectivity index (χ3n) is 3.40. The fourth-order valence-electron chi connectivity index (χ4n) is 2.08. The van der Waals surface area contributed by atoms with Crippen molar-refractivity contribution in [2.75, 3.05) is 23.9 Å². The van der Waals surface area contributed by atoms with Gasteiger partial charge >= 0.3 is 0 Å². The molecule has 2 rings (SSSR count). The first-order valence-corrected chi connectivity index (χ1v) is 10.1. The second-order valence-electron chi connectivity index (χ2n) is 5.10. The van der Waals surface area contributed by atoms with Crippen LogP contribution in [-0.2, 0) is 24.4 Å². The zero-order valence-electron chi connectivity index (χ0n) is 11.7. The first-order chi connectivity index (χ1) is 9.80. The molecular weight excluding hydrogens is 312 g/mol. The molecule has 21 heavy (non-hydrogen) atoms. The summed E-state index contributed by atoms with van der Waals surface area (Å²) in [4.78, 5) is 0. The highest BCUT2D eigenvalue weighted by Gasteiger charge is 2.37. The molecule has 0 aliphatic carbocycles. The summed E-state index contributed by atoms with van der Waals surface area (Å²) in [7, 11) is -6.68. The van der Waals surface area contributed by atoms with E-state index in [9.17, 15) is 16.8 Å². The van der Waals surface area contributed by atoms with E-state index >= 15 is 0 Å². The topological polar surface area (TPSA) is 77.5 Å². The number of allylic oxidation sites excluding steroid dienone is 1. The van der Waals surface area contributed by atoms with Crippen LogP contribution in [0.1, 0.15) is 12.5 Å². The Kier molecular flexibility index (Phi) is 4.73. The lowest BCUT2D eigenvalue weighted by Gasteiger charge is -2.21. The Morgan fingerprint density at radius 3 is 2.52 bits per heavy atom. The molecule has 0 saturated carbocycles. The van der Waals surface area contributed by atoms with Gasteiger partial charge in [0.15, 0.2) is 19.7 Å².